The van der Waals surface area contributed by atoms with Crippen molar-refractivity contribution < 1.29 is 24.0 Å². The zero-order valence-electron chi connectivity index (χ0n) is 31.9. The van der Waals surface area contributed by atoms with Crippen molar-refractivity contribution in [3.05, 3.63) is 95.3 Å². The maximum absolute atomic E-state index is 13.3. The van der Waals surface area contributed by atoms with Gasteiger partial charge in [0, 0.05) is 111 Å². The van der Waals surface area contributed by atoms with Crippen LogP contribution < -0.4 is 15.5 Å². The second kappa shape index (κ2) is 18.8. The number of thioether (sulfide) groups is 1. The van der Waals surface area contributed by atoms with Gasteiger partial charge in [-0.05, 0) is 91.3 Å². The minimum atomic E-state index is -0.606. The van der Waals surface area contributed by atoms with E-state index in [1.54, 1.807) is 41.2 Å². The Morgan fingerprint density at radius 2 is 1.71 bits per heavy atom. The Hall–Kier alpha value is -5.01. The van der Waals surface area contributed by atoms with Gasteiger partial charge in [0.05, 0.1) is 0 Å². The van der Waals surface area contributed by atoms with Gasteiger partial charge < -0.3 is 20.0 Å². The molecule has 5 heterocycles. The number of fused-ring (bicyclic) bond motifs is 1. The average Bonchev–Trinajstić information content (AvgIpc) is 3.56. The summed E-state index contributed by atoms with van der Waals surface area (Å²) in [5.74, 6) is 0.720. The number of likely N-dealkylation sites (tertiary alicyclic amines) is 1. The lowest BCUT2D eigenvalue weighted by Gasteiger charge is -2.36. The maximum atomic E-state index is 13.3. The highest BCUT2D eigenvalue weighted by molar-refractivity contribution is 7.99. The number of piperazine rings is 1. The van der Waals surface area contributed by atoms with E-state index < -0.39 is 6.04 Å². The largest absolute Gasteiger partial charge is 0.369 e. The van der Waals surface area contributed by atoms with Crippen LogP contribution in [0.5, 0.6) is 0 Å². The summed E-state index contributed by atoms with van der Waals surface area (Å²) < 4.78 is 0. The topological polar surface area (TPSA) is 135 Å². The molecule has 0 bridgehead atoms. The Balaban J connectivity index is 0.778. The highest BCUT2D eigenvalue weighted by atomic mass is 32.2. The van der Waals surface area contributed by atoms with Crippen molar-refractivity contribution in [3.63, 3.8) is 0 Å². The second-order valence-corrected chi connectivity index (χ2v) is 16.2. The van der Waals surface area contributed by atoms with E-state index in [1.807, 2.05) is 41.3 Å². The van der Waals surface area contributed by atoms with Crippen LogP contribution in [0.2, 0.25) is 0 Å². The van der Waals surface area contributed by atoms with E-state index in [0.717, 1.165) is 111 Å². The molecule has 0 saturated carbocycles. The maximum Gasteiger partial charge on any atom is 0.255 e. The third-order valence-electron chi connectivity index (χ3n) is 11.4. The number of hydrogen-bond acceptors (Lipinski definition) is 9. The molecule has 5 amide bonds. The third kappa shape index (κ3) is 9.86. The molecule has 1 aromatic heterocycles. The van der Waals surface area contributed by atoms with E-state index in [0.29, 0.717) is 31.0 Å². The fourth-order valence-corrected chi connectivity index (χ4v) is 9.20. The first kappa shape index (κ1) is 39.2. The second-order valence-electron chi connectivity index (χ2n) is 15.0. The number of nitrogens with one attached hydrogen (secondary N) is 2. The van der Waals surface area contributed by atoms with Crippen LogP contribution in [0.3, 0.4) is 0 Å². The normalized spacial score (nSPS) is 19.4. The van der Waals surface area contributed by atoms with Crippen molar-refractivity contribution in [2.45, 2.75) is 62.4 Å². The monoisotopic (exact) mass is 777 g/mol. The van der Waals surface area contributed by atoms with E-state index >= 15 is 0 Å². The lowest BCUT2D eigenvalue weighted by atomic mass is 9.91. The Morgan fingerprint density at radius 3 is 2.46 bits per heavy atom. The molecule has 4 aliphatic heterocycles. The first-order valence-electron chi connectivity index (χ1n) is 19.9. The van der Waals surface area contributed by atoms with Crippen molar-refractivity contribution >= 4 is 53.1 Å². The van der Waals surface area contributed by atoms with Crippen LogP contribution in [-0.2, 0) is 20.9 Å². The summed E-state index contributed by atoms with van der Waals surface area (Å²) in [6.45, 7) is 7.28. The van der Waals surface area contributed by atoms with Crippen LogP contribution in [0.4, 0.5) is 5.69 Å². The highest BCUT2D eigenvalue weighted by Crippen LogP contribution is 2.34. The van der Waals surface area contributed by atoms with Gasteiger partial charge in [0.25, 0.3) is 11.8 Å². The fourth-order valence-electron chi connectivity index (χ4n) is 8.10. The Bertz CT molecular complexity index is 1910. The molecule has 3 fully saturated rings. The SMILES string of the molecule is O=C(/C=C/c1cccnc1)NCCCCC1CCN(C(=O)c2ccc(N3CCN(CCSc4cccc5c4CN(C4CCC(=O)NC4=O)C5=O)CC3)cc2)CC1. The number of benzene rings is 2. The van der Waals surface area contributed by atoms with Gasteiger partial charge in [0.15, 0.2) is 0 Å². The predicted molar refractivity (Wildman–Crippen MR) is 217 cm³/mol. The van der Waals surface area contributed by atoms with Crippen molar-refractivity contribution in [1.29, 1.82) is 0 Å². The number of carbonyl (C=O) groups is 5. The van der Waals surface area contributed by atoms with E-state index in [9.17, 15) is 24.0 Å². The van der Waals surface area contributed by atoms with Crippen LogP contribution >= 0.6 is 11.8 Å². The van der Waals surface area contributed by atoms with E-state index in [1.165, 1.54) is 0 Å². The first-order valence-corrected chi connectivity index (χ1v) is 20.9. The van der Waals surface area contributed by atoms with Crippen molar-refractivity contribution in [3.8, 4) is 0 Å². The summed E-state index contributed by atoms with van der Waals surface area (Å²) in [5.41, 5.74) is 4.41. The number of amides is 5. The number of piperidine rings is 2. The minimum Gasteiger partial charge on any atom is -0.369 e. The number of rotatable bonds is 14. The van der Waals surface area contributed by atoms with Crippen LogP contribution in [0.1, 0.15) is 76.8 Å². The summed E-state index contributed by atoms with van der Waals surface area (Å²) in [6.07, 6.45) is 12.5. The van der Waals surface area contributed by atoms with Crippen LogP contribution in [0.15, 0.2) is 78.0 Å². The van der Waals surface area contributed by atoms with Crippen molar-refractivity contribution in [2.75, 3.05) is 63.0 Å². The number of aromatic nitrogens is 1. The quantitative estimate of drug-likeness (QED) is 0.104. The standard InChI is InChI=1S/C43H51N7O5S/c51-39(15-9-32-6-4-19-44-29-32)45-20-2-1-5-31-17-21-49(22-18-31)42(54)33-10-12-34(13-11-33)48-25-23-47(24-26-48)27-28-56-38-8-3-7-35-36(38)30-50(43(35)55)37-14-16-40(52)46-41(37)53/h3-4,6-13,15,19,29,31,37H,1-2,5,14,16-18,20-28,30H2,(H,45,51)(H,46,52,53)/b15-9+. The summed E-state index contributed by atoms with van der Waals surface area (Å²) >= 11 is 1.75. The smallest absolute Gasteiger partial charge is 0.255 e. The summed E-state index contributed by atoms with van der Waals surface area (Å²) in [6, 6.07) is 17.0. The Kier molecular flexibility index (Phi) is 13.1. The molecule has 0 spiro atoms. The zero-order valence-corrected chi connectivity index (χ0v) is 32.7. The predicted octanol–water partition coefficient (Wildman–Crippen LogP) is 4.61. The van der Waals surface area contributed by atoms with Crippen molar-refractivity contribution in [2.24, 2.45) is 5.92 Å². The van der Waals surface area contributed by atoms with Crippen molar-refractivity contribution in [1.82, 2.24) is 30.3 Å². The molecule has 3 saturated heterocycles. The molecule has 2 N–H and O–H groups in total. The molecule has 7 rings (SSSR count). The number of anilines is 1. The number of carbonyl (C=O) groups excluding carboxylic acids is 5. The molecule has 13 heteroatoms. The molecule has 2 aromatic carbocycles. The Labute approximate surface area is 333 Å². The van der Waals surface area contributed by atoms with E-state index in [4.69, 9.17) is 0 Å². The van der Waals surface area contributed by atoms with Crippen LogP contribution in [0, 0.1) is 5.92 Å². The first-order chi connectivity index (χ1) is 27.3. The molecule has 3 aromatic rings. The zero-order chi connectivity index (χ0) is 38.9. The van der Waals surface area contributed by atoms with Gasteiger partial charge in [-0.15, -0.1) is 11.8 Å². The van der Waals surface area contributed by atoms with Gasteiger partial charge in [-0.2, -0.15) is 0 Å². The molecule has 4 aliphatic rings. The van der Waals surface area contributed by atoms with Gasteiger partial charge in [-0.1, -0.05) is 25.0 Å². The van der Waals surface area contributed by atoms with E-state index in [-0.39, 0.29) is 36.0 Å². The van der Waals surface area contributed by atoms with Gasteiger partial charge in [-0.3, -0.25) is 39.2 Å². The number of nitrogens with zero attached hydrogens (tertiary/aromatic N) is 5. The van der Waals surface area contributed by atoms with Gasteiger partial charge in [0.1, 0.15) is 6.04 Å². The minimum absolute atomic E-state index is 0.0872. The molecule has 56 heavy (non-hydrogen) atoms. The molecule has 1 unspecified atom stereocenters. The van der Waals surface area contributed by atoms with Crippen LogP contribution in [-0.4, -0.2) is 113 Å². The molecule has 12 nitrogen and oxygen atoms in total. The third-order valence-corrected chi connectivity index (χ3v) is 12.5. The molecular formula is C43H51N7O5S. The lowest BCUT2D eigenvalue weighted by Crippen LogP contribution is -2.52. The van der Waals surface area contributed by atoms with Gasteiger partial charge in [0.2, 0.25) is 17.7 Å². The van der Waals surface area contributed by atoms with Gasteiger partial charge in [-0.25, -0.2) is 0 Å². The van der Waals surface area contributed by atoms with Gasteiger partial charge >= 0.3 is 0 Å². The van der Waals surface area contributed by atoms with Crippen LogP contribution in [0.25, 0.3) is 6.08 Å². The number of pyridine rings is 1. The number of hydrogen-bond donors (Lipinski definition) is 2. The molecule has 294 valence electrons. The molecule has 0 radical (unpaired) electrons. The highest BCUT2D eigenvalue weighted by Gasteiger charge is 2.40. The van der Waals surface area contributed by atoms with E-state index in [2.05, 4.69) is 43.6 Å². The Morgan fingerprint density at radius 1 is 0.911 bits per heavy atom. The average molecular weight is 778 g/mol. The lowest BCUT2D eigenvalue weighted by molar-refractivity contribution is -0.137. The molecule has 1 atom stereocenters. The summed E-state index contributed by atoms with van der Waals surface area (Å²) in [4.78, 5) is 76.3. The molecule has 0 aliphatic carbocycles. The fraction of sp³-hybridized carbons (Fsp3) is 0.442. The molecular weight excluding hydrogens is 727 g/mol. The summed E-state index contributed by atoms with van der Waals surface area (Å²) in [7, 11) is 0. The number of imide groups is 1. The number of unbranched alkanes of at least 4 members (excludes halogenated alkanes) is 1. The summed E-state index contributed by atoms with van der Waals surface area (Å²) in [5, 5.41) is 5.34.